The average molecular weight is 271 g/mol. The molecule has 4 heteroatoms. The van der Waals surface area contributed by atoms with E-state index in [0.29, 0.717) is 12.6 Å². The Bertz CT molecular complexity index is 356. The third-order valence-electron chi connectivity index (χ3n) is 2.61. The van der Waals surface area contributed by atoms with Crippen molar-refractivity contribution in [3.8, 4) is 5.75 Å². The van der Waals surface area contributed by atoms with Gasteiger partial charge in [0.1, 0.15) is 11.9 Å². The van der Waals surface area contributed by atoms with Crippen LogP contribution in [-0.4, -0.2) is 18.7 Å². The summed E-state index contributed by atoms with van der Waals surface area (Å²) in [6.07, 6.45) is 1.05. The summed E-state index contributed by atoms with van der Waals surface area (Å²) in [5, 5.41) is 3.42. The highest BCUT2D eigenvalue weighted by Crippen LogP contribution is 2.34. The lowest BCUT2D eigenvalue weighted by molar-refractivity contribution is 0.167. The van der Waals surface area contributed by atoms with Gasteiger partial charge in [0.2, 0.25) is 0 Å². The Labute approximate surface area is 98.1 Å². The van der Waals surface area contributed by atoms with Crippen LogP contribution in [0, 0.1) is 0 Å². The van der Waals surface area contributed by atoms with Crippen LogP contribution in [0.3, 0.4) is 0 Å². The average Bonchev–Trinajstić information content (AvgIpc) is 2.20. The van der Waals surface area contributed by atoms with Crippen molar-refractivity contribution in [1.29, 1.82) is 0 Å². The number of fused-ring (bicyclic) bond motifs is 1. The van der Waals surface area contributed by atoms with Gasteiger partial charge in [0, 0.05) is 4.47 Å². The molecular weight excluding hydrogens is 256 g/mol. The van der Waals surface area contributed by atoms with E-state index < -0.39 is 0 Å². The highest BCUT2D eigenvalue weighted by molar-refractivity contribution is 9.10. The lowest BCUT2D eigenvalue weighted by Crippen LogP contribution is -2.40. The first-order valence-electron chi connectivity index (χ1n) is 5.13. The van der Waals surface area contributed by atoms with Gasteiger partial charge in [-0.15, -0.1) is 0 Å². The van der Waals surface area contributed by atoms with Gasteiger partial charge in [0.15, 0.2) is 0 Å². The fourth-order valence-electron chi connectivity index (χ4n) is 1.79. The molecule has 1 aromatic rings. The zero-order valence-corrected chi connectivity index (χ0v) is 10.3. The number of anilines is 1. The Kier molecular flexibility index (Phi) is 3.17. The first-order chi connectivity index (χ1) is 7.20. The Balaban J connectivity index is 2.22. The SMILES string of the molecule is CC1Nc2cc(Br)ccc2OC1CCN. The zero-order chi connectivity index (χ0) is 10.8. The smallest absolute Gasteiger partial charge is 0.143 e. The minimum atomic E-state index is 0.170. The lowest BCUT2D eigenvalue weighted by atomic mass is 10.1. The Morgan fingerprint density at radius 3 is 3.07 bits per heavy atom. The van der Waals surface area contributed by atoms with Gasteiger partial charge in [-0.25, -0.2) is 0 Å². The number of ether oxygens (including phenoxy) is 1. The van der Waals surface area contributed by atoms with E-state index in [1.54, 1.807) is 0 Å². The van der Waals surface area contributed by atoms with Crippen LogP contribution in [0.2, 0.25) is 0 Å². The number of hydrogen-bond donors (Lipinski definition) is 2. The van der Waals surface area contributed by atoms with Crippen LogP contribution < -0.4 is 15.8 Å². The van der Waals surface area contributed by atoms with Gasteiger partial charge >= 0.3 is 0 Å². The van der Waals surface area contributed by atoms with Gasteiger partial charge < -0.3 is 15.8 Å². The topological polar surface area (TPSA) is 47.3 Å². The molecule has 0 amide bonds. The summed E-state index contributed by atoms with van der Waals surface area (Å²) in [4.78, 5) is 0. The molecule has 3 N–H and O–H groups in total. The van der Waals surface area contributed by atoms with Gasteiger partial charge in [-0.3, -0.25) is 0 Å². The molecular formula is C11H15BrN2O. The summed E-state index contributed by atoms with van der Waals surface area (Å²) < 4.78 is 6.93. The molecule has 1 aromatic carbocycles. The van der Waals surface area contributed by atoms with Crippen LogP contribution in [-0.2, 0) is 0 Å². The predicted molar refractivity (Wildman–Crippen MR) is 65.3 cm³/mol. The highest BCUT2D eigenvalue weighted by atomic mass is 79.9. The first kappa shape index (κ1) is 10.8. The molecule has 0 fully saturated rings. The zero-order valence-electron chi connectivity index (χ0n) is 8.66. The molecule has 82 valence electrons. The van der Waals surface area contributed by atoms with Crippen molar-refractivity contribution in [2.45, 2.75) is 25.5 Å². The molecule has 0 saturated heterocycles. The van der Waals surface area contributed by atoms with Gasteiger partial charge in [-0.05, 0) is 38.1 Å². The second-order valence-electron chi connectivity index (χ2n) is 3.81. The van der Waals surface area contributed by atoms with E-state index in [9.17, 15) is 0 Å². The van der Waals surface area contributed by atoms with Crippen molar-refractivity contribution in [3.63, 3.8) is 0 Å². The fourth-order valence-corrected chi connectivity index (χ4v) is 2.16. The quantitative estimate of drug-likeness (QED) is 0.868. The molecule has 0 bridgehead atoms. The number of halogens is 1. The molecule has 3 nitrogen and oxygen atoms in total. The third-order valence-corrected chi connectivity index (χ3v) is 3.11. The van der Waals surface area contributed by atoms with E-state index in [4.69, 9.17) is 10.5 Å². The molecule has 0 radical (unpaired) electrons. The predicted octanol–water partition coefficient (Wildman–Crippen LogP) is 2.36. The van der Waals surface area contributed by atoms with Crippen molar-refractivity contribution < 1.29 is 4.74 Å². The molecule has 1 aliphatic rings. The Morgan fingerprint density at radius 2 is 2.33 bits per heavy atom. The molecule has 0 spiro atoms. The second kappa shape index (κ2) is 4.41. The van der Waals surface area contributed by atoms with Crippen LogP contribution in [0.5, 0.6) is 5.75 Å². The monoisotopic (exact) mass is 270 g/mol. The minimum Gasteiger partial charge on any atom is -0.486 e. The second-order valence-corrected chi connectivity index (χ2v) is 4.72. The summed E-state index contributed by atoms with van der Waals surface area (Å²) in [6, 6.07) is 6.29. The molecule has 0 aliphatic carbocycles. The number of rotatable bonds is 2. The minimum absolute atomic E-state index is 0.170. The van der Waals surface area contributed by atoms with Crippen LogP contribution in [0.4, 0.5) is 5.69 Å². The van der Waals surface area contributed by atoms with Crippen molar-refractivity contribution >= 4 is 21.6 Å². The van der Waals surface area contributed by atoms with Crippen molar-refractivity contribution in [2.24, 2.45) is 5.73 Å². The van der Waals surface area contributed by atoms with Crippen molar-refractivity contribution in [1.82, 2.24) is 0 Å². The maximum Gasteiger partial charge on any atom is 0.143 e. The molecule has 2 rings (SSSR count). The van der Waals surface area contributed by atoms with Crippen LogP contribution in [0.25, 0.3) is 0 Å². The van der Waals surface area contributed by atoms with Gasteiger partial charge in [0.05, 0.1) is 11.7 Å². The lowest BCUT2D eigenvalue weighted by Gasteiger charge is -2.33. The molecule has 15 heavy (non-hydrogen) atoms. The highest BCUT2D eigenvalue weighted by Gasteiger charge is 2.25. The van der Waals surface area contributed by atoms with E-state index >= 15 is 0 Å². The number of benzene rings is 1. The first-order valence-corrected chi connectivity index (χ1v) is 5.93. The number of hydrogen-bond acceptors (Lipinski definition) is 3. The summed E-state index contributed by atoms with van der Waals surface area (Å²) in [7, 11) is 0. The molecule has 1 heterocycles. The summed E-state index contributed by atoms with van der Waals surface area (Å²) in [5.41, 5.74) is 6.60. The standard InChI is InChI=1S/C11H15BrN2O/c1-7-10(4-5-13)15-11-3-2-8(12)6-9(11)14-7/h2-3,6-7,10,14H,4-5,13H2,1H3. The Morgan fingerprint density at radius 1 is 1.53 bits per heavy atom. The van der Waals surface area contributed by atoms with Gasteiger partial charge in [0.25, 0.3) is 0 Å². The third kappa shape index (κ3) is 2.26. The molecule has 2 atom stereocenters. The molecule has 1 aliphatic heterocycles. The molecule has 0 aromatic heterocycles. The van der Waals surface area contributed by atoms with Gasteiger partial charge in [-0.2, -0.15) is 0 Å². The van der Waals surface area contributed by atoms with Crippen molar-refractivity contribution in [2.75, 3.05) is 11.9 Å². The normalized spacial score (nSPS) is 23.9. The fraction of sp³-hybridized carbons (Fsp3) is 0.455. The van der Waals surface area contributed by atoms with Crippen LogP contribution in [0.1, 0.15) is 13.3 Å². The van der Waals surface area contributed by atoms with E-state index in [1.165, 1.54) is 0 Å². The van der Waals surface area contributed by atoms with Crippen LogP contribution >= 0.6 is 15.9 Å². The van der Waals surface area contributed by atoms with E-state index in [0.717, 1.165) is 22.3 Å². The maximum absolute atomic E-state index is 5.88. The van der Waals surface area contributed by atoms with E-state index in [2.05, 4.69) is 28.2 Å². The summed E-state index contributed by atoms with van der Waals surface area (Å²) in [6.45, 7) is 2.77. The maximum atomic E-state index is 5.88. The molecule has 0 saturated carbocycles. The van der Waals surface area contributed by atoms with E-state index in [-0.39, 0.29) is 6.10 Å². The Hall–Kier alpha value is -0.740. The molecule has 2 unspecified atom stereocenters. The van der Waals surface area contributed by atoms with Crippen LogP contribution in [0.15, 0.2) is 22.7 Å². The summed E-state index contributed by atoms with van der Waals surface area (Å²) in [5.74, 6) is 0.912. The van der Waals surface area contributed by atoms with E-state index in [1.807, 2.05) is 18.2 Å². The number of nitrogens with two attached hydrogens (primary N) is 1. The number of nitrogens with one attached hydrogen (secondary N) is 1. The van der Waals surface area contributed by atoms with Gasteiger partial charge in [-0.1, -0.05) is 15.9 Å². The van der Waals surface area contributed by atoms with Crippen molar-refractivity contribution in [3.05, 3.63) is 22.7 Å². The summed E-state index contributed by atoms with van der Waals surface area (Å²) >= 11 is 3.44. The largest absolute Gasteiger partial charge is 0.486 e.